The first-order valence-corrected chi connectivity index (χ1v) is 7.04. The van der Waals surface area contributed by atoms with Gasteiger partial charge in [0, 0.05) is 0 Å². The first-order chi connectivity index (χ1) is 10.1. The van der Waals surface area contributed by atoms with E-state index in [4.69, 9.17) is 9.47 Å². The Morgan fingerprint density at radius 1 is 1.19 bits per heavy atom. The van der Waals surface area contributed by atoms with Crippen LogP contribution < -0.4 is 9.47 Å². The molecule has 108 valence electrons. The van der Waals surface area contributed by atoms with Gasteiger partial charge >= 0.3 is 0 Å². The molecule has 0 fully saturated rings. The molecule has 3 heteroatoms. The molecule has 0 saturated heterocycles. The minimum absolute atomic E-state index is 0.0982. The van der Waals surface area contributed by atoms with Crippen LogP contribution in [-0.4, -0.2) is 12.9 Å². The van der Waals surface area contributed by atoms with Crippen molar-refractivity contribution in [1.82, 2.24) is 0 Å². The third-order valence-electron chi connectivity index (χ3n) is 4.12. The molecule has 21 heavy (non-hydrogen) atoms. The van der Waals surface area contributed by atoms with Crippen molar-refractivity contribution in [3.8, 4) is 11.5 Å². The van der Waals surface area contributed by atoms with Crippen molar-refractivity contribution in [2.45, 2.75) is 26.4 Å². The maximum absolute atomic E-state index is 12.4. The minimum atomic E-state index is -0.210. The Bertz CT molecular complexity index is 704. The van der Waals surface area contributed by atoms with Gasteiger partial charge in [-0.1, -0.05) is 18.2 Å². The SMILES string of the molecule is COc1ccc2c(c1)C(=O)CC(c1cccc(C)c1C)O2. The largest absolute Gasteiger partial charge is 0.497 e. The summed E-state index contributed by atoms with van der Waals surface area (Å²) in [5.74, 6) is 1.41. The lowest BCUT2D eigenvalue weighted by atomic mass is 9.92. The van der Waals surface area contributed by atoms with E-state index < -0.39 is 0 Å². The van der Waals surface area contributed by atoms with Gasteiger partial charge in [0.1, 0.15) is 17.6 Å². The zero-order valence-corrected chi connectivity index (χ0v) is 12.5. The summed E-state index contributed by atoms with van der Waals surface area (Å²) < 4.78 is 11.2. The Hall–Kier alpha value is -2.29. The van der Waals surface area contributed by atoms with Gasteiger partial charge in [0.15, 0.2) is 5.78 Å². The molecule has 0 aromatic heterocycles. The molecule has 0 bridgehead atoms. The number of hydrogen-bond donors (Lipinski definition) is 0. The molecule has 0 radical (unpaired) electrons. The lowest BCUT2D eigenvalue weighted by molar-refractivity contribution is 0.0848. The Balaban J connectivity index is 1.99. The fraction of sp³-hybridized carbons (Fsp3) is 0.278. The number of benzene rings is 2. The van der Waals surface area contributed by atoms with Crippen molar-refractivity contribution in [2.24, 2.45) is 0 Å². The van der Waals surface area contributed by atoms with Crippen molar-refractivity contribution in [1.29, 1.82) is 0 Å². The van der Waals surface area contributed by atoms with Crippen LogP contribution in [0.3, 0.4) is 0 Å². The number of aryl methyl sites for hydroxylation is 1. The van der Waals surface area contributed by atoms with E-state index in [0.717, 1.165) is 5.56 Å². The van der Waals surface area contributed by atoms with Crippen molar-refractivity contribution < 1.29 is 14.3 Å². The van der Waals surface area contributed by atoms with Gasteiger partial charge < -0.3 is 9.47 Å². The number of hydrogen-bond acceptors (Lipinski definition) is 3. The van der Waals surface area contributed by atoms with E-state index >= 15 is 0 Å². The van der Waals surface area contributed by atoms with E-state index in [1.165, 1.54) is 11.1 Å². The molecule has 2 aromatic carbocycles. The molecular weight excluding hydrogens is 264 g/mol. The van der Waals surface area contributed by atoms with Crippen molar-refractivity contribution >= 4 is 5.78 Å². The number of carbonyl (C=O) groups is 1. The van der Waals surface area contributed by atoms with Crippen molar-refractivity contribution in [2.75, 3.05) is 7.11 Å². The normalized spacial score (nSPS) is 17.1. The highest BCUT2D eigenvalue weighted by Crippen LogP contribution is 2.37. The van der Waals surface area contributed by atoms with Crippen LogP contribution in [0.25, 0.3) is 0 Å². The van der Waals surface area contributed by atoms with Gasteiger partial charge in [-0.05, 0) is 48.7 Å². The fourth-order valence-corrected chi connectivity index (χ4v) is 2.73. The second kappa shape index (κ2) is 5.24. The van der Waals surface area contributed by atoms with Gasteiger partial charge in [0.25, 0.3) is 0 Å². The van der Waals surface area contributed by atoms with E-state index in [0.29, 0.717) is 23.5 Å². The first-order valence-electron chi connectivity index (χ1n) is 7.04. The lowest BCUT2D eigenvalue weighted by Crippen LogP contribution is -2.21. The van der Waals surface area contributed by atoms with Gasteiger partial charge in [-0.25, -0.2) is 0 Å². The number of carbonyl (C=O) groups excluding carboxylic acids is 1. The highest BCUT2D eigenvalue weighted by atomic mass is 16.5. The van der Waals surface area contributed by atoms with Crippen molar-refractivity contribution in [3.05, 3.63) is 58.7 Å². The van der Waals surface area contributed by atoms with Crippen molar-refractivity contribution in [3.63, 3.8) is 0 Å². The Kier molecular flexibility index (Phi) is 3.42. The molecule has 0 saturated carbocycles. The maximum atomic E-state index is 12.4. The molecular formula is C18H18O3. The monoisotopic (exact) mass is 282 g/mol. The molecule has 3 nitrogen and oxygen atoms in total. The Labute approximate surface area is 124 Å². The summed E-state index contributed by atoms with van der Waals surface area (Å²) in [6, 6.07) is 11.5. The Morgan fingerprint density at radius 2 is 2.00 bits per heavy atom. The van der Waals surface area contributed by atoms with Gasteiger partial charge in [-0.3, -0.25) is 4.79 Å². The summed E-state index contributed by atoms with van der Waals surface area (Å²) in [6.45, 7) is 4.14. The number of rotatable bonds is 2. The topological polar surface area (TPSA) is 35.5 Å². The smallest absolute Gasteiger partial charge is 0.170 e. The van der Waals surface area contributed by atoms with Crippen LogP contribution in [0.1, 0.15) is 39.6 Å². The average molecular weight is 282 g/mol. The maximum Gasteiger partial charge on any atom is 0.170 e. The van der Waals surface area contributed by atoms with Crippen LogP contribution in [0.5, 0.6) is 11.5 Å². The van der Waals surface area contributed by atoms with Crippen LogP contribution >= 0.6 is 0 Å². The number of ketones is 1. The number of ether oxygens (including phenoxy) is 2. The second-order valence-corrected chi connectivity index (χ2v) is 5.39. The second-order valence-electron chi connectivity index (χ2n) is 5.39. The van der Waals surface area contributed by atoms with E-state index in [1.54, 1.807) is 13.2 Å². The van der Waals surface area contributed by atoms with Gasteiger partial charge in [-0.2, -0.15) is 0 Å². The average Bonchev–Trinajstić information content (AvgIpc) is 2.49. The molecule has 2 aromatic rings. The predicted octanol–water partition coefficient (Wildman–Crippen LogP) is 4.02. The van der Waals surface area contributed by atoms with E-state index in [1.807, 2.05) is 24.3 Å². The predicted molar refractivity (Wildman–Crippen MR) is 81.2 cm³/mol. The molecule has 1 atom stereocenters. The van der Waals surface area contributed by atoms with Crippen LogP contribution in [0.4, 0.5) is 0 Å². The molecule has 1 unspecified atom stereocenters. The summed E-state index contributed by atoms with van der Waals surface area (Å²) in [5, 5.41) is 0. The number of methoxy groups -OCH3 is 1. The highest BCUT2D eigenvalue weighted by Gasteiger charge is 2.29. The summed E-state index contributed by atoms with van der Waals surface area (Å²) >= 11 is 0. The lowest BCUT2D eigenvalue weighted by Gasteiger charge is -2.27. The van der Waals surface area contributed by atoms with Crippen LogP contribution in [-0.2, 0) is 0 Å². The molecule has 0 N–H and O–H groups in total. The standard InChI is InChI=1S/C18H18O3/c1-11-5-4-6-14(12(11)2)18-10-16(19)15-9-13(20-3)7-8-17(15)21-18/h4-9,18H,10H2,1-3H3. The molecule has 1 aliphatic heterocycles. The quantitative estimate of drug-likeness (QED) is 0.834. The van der Waals surface area contributed by atoms with E-state index in [2.05, 4.69) is 19.9 Å². The molecule has 0 spiro atoms. The molecule has 0 amide bonds. The highest BCUT2D eigenvalue weighted by molar-refractivity contribution is 6.00. The number of fused-ring (bicyclic) bond motifs is 1. The van der Waals surface area contributed by atoms with Gasteiger partial charge in [-0.15, -0.1) is 0 Å². The fourth-order valence-electron chi connectivity index (χ4n) is 2.73. The van der Waals surface area contributed by atoms with Crippen LogP contribution in [0, 0.1) is 13.8 Å². The summed E-state index contributed by atoms with van der Waals surface area (Å²) in [7, 11) is 1.59. The molecule has 0 aliphatic carbocycles. The van der Waals surface area contributed by atoms with Gasteiger partial charge in [0.05, 0.1) is 19.1 Å². The molecule has 1 aliphatic rings. The number of Topliss-reactive ketones (excluding diaryl/α,β-unsaturated/α-hetero) is 1. The minimum Gasteiger partial charge on any atom is -0.497 e. The van der Waals surface area contributed by atoms with Crippen LogP contribution in [0.2, 0.25) is 0 Å². The molecule has 3 rings (SSSR count). The summed E-state index contributed by atoms with van der Waals surface area (Å²) in [4.78, 5) is 12.4. The molecule has 1 heterocycles. The van der Waals surface area contributed by atoms with Crippen LogP contribution in [0.15, 0.2) is 36.4 Å². The zero-order chi connectivity index (χ0) is 15.0. The summed E-state index contributed by atoms with van der Waals surface area (Å²) in [6.07, 6.45) is 0.156. The zero-order valence-electron chi connectivity index (χ0n) is 12.5. The third-order valence-corrected chi connectivity index (χ3v) is 4.12. The third kappa shape index (κ3) is 2.40. The summed E-state index contributed by atoms with van der Waals surface area (Å²) in [5.41, 5.74) is 4.09. The van der Waals surface area contributed by atoms with E-state index in [-0.39, 0.29) is 11.9 Å². The first kappa shape index (κ1) is 13.7. The van der Waals surface area contributed by atoms with E-state index in [9.17, 15) is 4.79 Å². The Morgan fingerprint density at radius 3 is 2.76 bits per heavy atom. The van der Waals surface area contributed by atoms with Gasteiger partial charge in [0.2, 0.25) is 0 Å².